The average Bonchev–Trinajstić information content (AvgIpc) is 3.56. The number of benzene rings is 1. The summed E-state index contributed by atoms with van der Waals surface area (Å²) < 4.78 is 39.6. The predicted molar refractivity (Wildman–Crippen MR) is 107 cm³/mol. The molecule has 1 saturated carbocycles. The molecule has 0 spiro atoms. The van der Waals surface area contributed by atoms with Crippen LogP contribution in [-0.4, -0.2) is 36.2 Å². The second kappa shape index (κ2) is 8.01. The van der Waals surface area contributed by atoms with Gasteiger partial charge in [0.1, 0.15) is 29.4 Å². The van der Waals surface area contributed by atoms with E-state index in [1.807, 2.05) is 0 Å². The maximum absolute atomic E-state index is 14.5. The smallest absolute Gasteiger partial charge is 0.283 e. The van der Waals surface area contributed by atoms with Crippen LogP contribution in [0.2, 0.25) is 0 Å². The first-order chi connectivity index (χ1) is 14.3. The van der Waals surface area contributed by atoms with E-state index in [1.54, 1.807) is 12.1 Å². The molecule has 0 radical (unpaired) electrons. The zero-order valence-corrected chi connectivity index (χ0v) is 16.6. The van der Waals surface area contributed by atoms with Crippen LogP contribution in [0.3, 0.4) is 0 Å². The molecule has 1 aromatic heterocycles. The number of aromatic nitrogens is 1. The van der Waals surface area contributed by atoms with Crippen LogP contribution in [0.25, 0.3) is 0 Å². The number of Topliss-reactive ketones (excluding diaryl/α,β-unsaturated/α-hetero) is 1. The van der Waals surface area contributed by atoms with Crippen molar-refractivity contribution in [1.29, 1.82) is 0 Å². The van der Waals surface area contributed by atoms with Gasteiger partial charge in [-0.1, -0.05) is 6.07 Å². The van der Waals surface area contributed by atoms with Gasteiger partial charge in [-0.05, 0) is 55.5 Å². The molecule has 30 heavy (non-hydrogen) atoms. The van der Waals surface area contributed by atoms with E-state index < -0.39 is 17.5 Å². The van der Waals surface area contributed by atoms with E-state index >= 15 is 0 Å². The quantitative estimate of drug-likeness (QED) is 0.701. The molecule has 8 heteroatoms. The molecule has 2 aromatic rings. The molecule has 0 unspecified atom stereocenters. The molecule has 4 rings (SSSR count). The van der Waals surface area contributed by atoms with Crippen molar-refractivity contribution >= 4 is 11.8 Å². The van der Waals surface area contributed by atoms with Gasteiger partial charge in [-0.3, -0.25) is 4.79 Å². The highest BCUT2D eigenvalue weighted by Crippen LogP contribution is 2.36. The third-order valence-corrected chi connectivity index (χ3v) is 5.48. The lowest BCUT2D eigenvalue weighted by Gasteiger charge is -2.33. The Morgan fingerprint density at radius 1 is 1.33 bits per heavy atom. The summed E-state index contributed by atoms with van der Waals surface area (Å²) in [7, 11) is 0. The Morgan fingerprint density at radius 3 is 2.83 bits per heavy atom. The number of hydrogen-bond donors (Lipinski definition) is 1. The Morgan fingerprint density at radius 2 is 2.13 bits per heavy atom. The van der Waals surface area contributed by atoms with Crippen molar-refractivity contribution < 1.29 is 23.0 Å². The van der Waals surface area contributed by atoms with E-state index in [2.05, 4.69) is 9.98 Å². The van der Waals surface area contributed by atoms with E-state index in [9.17, 15) is 13.6 Å². The second-order valence-corrected chi connectivity index (χ2v) is 7.92. The summed E-state index contributed by atoms with van der Waals surface area (Å²) in [5.74, 6) is 0.392. The lowest BCUT2D eigenvalue weighted by molar-refractivity contribution is 0.0921. The Hall–Kier alpha value is -3.03. The van der Waals surface area contributed by atoms with Crippen molar-refractivity contribution in [2.75, 3.05) is 13.2 Å². The van der Waals surface area contributed by atoms with Crippen LogP contribution in [0.4, 0.5) is 8.78 Å². The number of rotatable bonds is 7. The Bertz CT molecular complexity index is 976. The van der Waals surface area contributed by atoms with Crippen molar-refractivity contribution in [3.63, 3.8) is 0 Å². The van der Waals surface area contributed by atoms with E-state index in [4.69, 9.17) is 15.2 Å². The summed E-state index contributed by atoms with van der Waals surface area (Å²) in [6, 6.07) is 7.28. The van der Waals surface area contributed by atoms with Gasteiger partial charge in [0, 0.05) is 12.0 Å². The minimum absolute atomic E-state index is 0.00864. The molecule has 2 heterocycles. The van der Waals surface area contributed by atoms with Crippen molar-refractivity contribution in [3.05, 3.63) is 59.2 Å². The van der Waals surface area contributed by atoms with Crippen LogP contribution >= 0.6 is 0 Å². The van der Waals surface area contributed by atoms with Crippen LogP contribution in [0.15, 0.2) is 41.5 Å². The molecule has 0 saturated heterocycles. The number of nitrogens with two attached hydrogens (primary N) is 1. The van der Waals surface area contributed by atoms with Crippen LogP contribution in [0, 0.1) is 11.7 Å². The predicted octanol–water partition coefficient (Wildman–Crippen LogP) is 3.33. The molecule has 2 aliphatic rings. The fraction of sp³-hybridized carbons (Fsp3) is 0.409. The van der Waals surface area contributed by atoms with Gasteiger partial charge < -0.3 is 15.2 Å². The Labute approximate surface area is 173 Å². The lowest BCUT2D eigenvalue weighted by Crippen LogP contribution is -2.43. The van der Waals surface area contributed by atoms with Gasteiger partial charge in [0.05, 0.1) is 12.8 Å². The molecule has 0 amide bonds. The number of halogens is 2. The van der Waals surface area contributed by atoms with E-state index in [0.717, 1.165) is 0 Å². The monoisotopic (exact) mass is 415 g/mol. The topological polar surface area (TPSA) is 86.8 Å². The molecule has 2 atom stereocenters. The molecule has 2 N–H and O–H groups in total. The largest absolute Gasteiger partial charge is 0.492 e. The first-order valence-corrected chi connectivity index (χ1v) is 9.88. The number of hydrogen-bond acceptors (Lipinski definition) is 6. The molecule has 1 fully saturated rings. The fourth-order valence-corrected chi connectivity index (χ4v) is 3.36. The number of pyridine rings is 1. The molecule has 1 aliphatic heterocycles. The molecule has 1 aromatic carbocycles. The summed E-state index contributed by atoms with van der Waals surface area (Å²) in [5, 5.41) is 0. The van der Waals surface area contributed by atoms with Crippen LogP contribution in [-0.2, 0) is 16.7 Å². The number of carbonyl (C=O) groups excluding carboxylic acids is 1. The third kappa shape index (κ3) is 4.27. The normalized spacial score (nSPS) is 23.4. The number of ketones is 1. The maximum atomic E-state index is 14.5. The number of alkyl halides is 1. The van der Waals surface area contributed by atoms with E-state index in [0.29, 0.717) is 23.8 Å². The number of aliphatic imine (C=N–C) groups is 1. The summed E-state index contributed by atoms with van der Waals surface area (Å²) in [5.41, 5.74) is 4.89. The molecule has 6 nitrogen and oxygen atoms in total. The van der Waals surface area contributed by atoms with Gasteiger partial charge in [-0.2, -0.15) is 0 Å². The van der Waals surface area contributed by atoms with Gasteiger partial charge in [-0.15, -0.1) is 0 Å². The summed E-state index contributed by atoms with van der Waals surface area (Å²) in [4.78, 5) is 20.8. The summed E-state index contributed by atoms with van der Waals surface area (Å²) >= 11 is 0. The van der Waals surface area contributed by atoms with Gasteiger partial charge in [-0.25, -0.2) is 18.8 Å². The fourth-order valence-electron chi connectivity index (χ4n) is 3.36. The van der Waals surface area contributed by atoms with Crippen molar-refractivity contribution in [2.24, 2.45) is 16.6 Å². The van der Waals surface area contributed by atoms with Gasteiger partial charge >= 0.3 is 0 Å². The number of amidine groups is 1. The van der Waals surface area contributed by atoms with Gasteiger partial charge in [0.25, 0.3) is 6.02 Å². The van der Waals surface area contributed by atoms with Crippen molar-refractivity contribution in [3.8, 4) is 5.75 Å². The molecule has 1 aliphatic carbocycles. The number of carbonyl (C=O) groups is 1. The average molecular weight is 415 g/mol. The summed E-state index contributed by atoms with van der Waals surface area (Å²) in [6.07, 6.45) is 2.33. The van der Waals surface area contributed by atoms with Crippen molar-refractivity contribution in [2.45, 2.75) is 37.9 Å². The van der Waals surface area contributed by atoms with Gasteiger partial charge in [0.15, 0.2) is 12.0 Å². The SMILES string of the molecule is C[C@]1(c2cc(CC(=O)c3ccc(OCC4CC4)cn3)ccc2F)N=C(N)OC[C@@H]1F. The Kier molecular flexibility index (Phi) is 5.40. The van der Waals surface area contributed by atoms with E-state index in [-0.39, 0.29) is 36.1 Å². The van der Waals surface area contributed by atoms with Crippen LogP contribution in [0.5, 0.6) is 5.75 Å². The number of nitrogens with zero attached hydrogens (tertiary/aromatic N) is 2. The minimum Gasteiger partial charge on any atom is -0.492 e. The highest BCUT2D eigenvalue weighted by atomic mass is 19.1. The van der Waals surface area contributed by atoms with Crippen LogP contribution in [0.1, 0.15) is 41.4 Å². The maximum Gasteiger partial charge on any atom is 0.283 e. The highest BCUT2D eigenvalue weighted by molar-refractivity contribution is 5.95. The molecule has 158 valence electrons. The van der Waals surface area contributed by atoms with E-state index in [1.165, 1.54) is 44.2 Å². The molecule has 0 bridgehead atoms. The van der Waals surface area contributed by atoms with Crippen LogP contribution < -0.4 is 10.5 Å². The lowest BCUT2D eigenvalue weighted by atomic mass is 9.85. The zero-order chi connectivity index (χ0) is 21.3. The van der Waals surface area contributed by atoms with Gasteiger partial charge in [0.2, 0.25) is 0 Å². The first kappa shape index (κ1) is 20.3. The van der Waals surface area contributed by atoms with Crippen molar-refractivity contribution in [1.82, 2.24) is 4.98 Å². The Balaban J connectivity index is 1.50. The summed E-state index contributed by atoms with van der Waals surface area (Å²) in [6.45, 7) is 1.81. The zero-order valence-electron chi connectivity index (χ0n) is 16.6. The third-order valence-electron chi connectivity index (χ3n) is 5.48. The molecular formula is C22H23F2N3O3. The first-order valence-electron chi connectivity index (χ1n) is 9.88. The molecular weight excluding hydrogens is 392 g/mol. The standard InChI is InChI=1S/C22H23F2N3O3/c1-22(20(24)12-30-21(25)27-22)16-8-14(4-6-17(16)23)9-19(28)18-7-5-15(10-26-18)29-11-13-2-3-13/h4-8,10,13,20H,2-3,9,11-12H2,1H3,(H2,25,27)/t20-,22+/m0/s1. The highest BCUT2D eigenvalue weighted by Gasteiger charge is 2.42. The minimum atomic E-state index is -1.57. The second-order valence-electron chi connectivity index (χ2n) is 7.92. The number of ether oxygens (including phenoxy) is 2.